The van der Waals surface area contributed by atoms with Crippen LogP contribution in [0.15, 0.2) is 36.5 Å². The maximum absolute atomic E-state index is 12.2. The summed E-state index contributed by atoms with van der Waals surface area (Å²) in [5.74, 6) is -0.196. The largest absolute Gasteiger partial charge is 0.381 e. The summed E-state index contributed by atoms with van der Waals surface area (Å²) in [7, 11) is 0. The highest BCUT2D eigenvalue weighted by Gasteiger charge is 2.08. The summed E-state index contributed by atoms with van der Waals surface area (Å²) in [5, 5.41) is 6.20. The normalized spacial score (nSPS) is 11.8. The van der Waals surface area contributed by atoms with Crippen molar-refractivity contribution in [1.29, 1.82) is 0 Å². The van der Waals surface area contributed by atoms with E-state index in [1.807, 2.05) is 38.1 Å². The number of nitrogens with one attached hydrogen (secondary N) is 2. The number of pyridine rings is 1. The highest BCUT2D eigenvalue weighted by molar-refractivity contribution is 6.03. The third kappa shape index (κ3) is 4.07. The molecular formula is C18H23N3O. The Kier molecular flexibility index (Phi) is 5.15. The van der Waals surface area contributed by atoms with Crippen LogP contribution >= 0.6 is 0 Å². The van der Waals surface area contributed by atoms with Crippen molar-refractivity contribution < 1.29 is 4.79 Å². The van der Waals surface area contributed by atoms with Gasteiger partial charge in [0, 0.05) is 11.7 Å². The summed E-state index contributed by atoms with van der Waals surface area (Å²) in [5.41, 5.74) is 4.48. The van der Waals surface area contributed by atoms with Gasteiger partial charge in [0.2, 0.25) is 0 Å². The van der Waals surface area contributed by atoms with Crippen LogP contribution in [0.5, 0.6) is 0 Å². The summed E-state index contributed by atoms with van der Waals surface area (Å²) in [6, 6.07) is 9.87. The zero-order valence-corrected chi connectivity index (χ0v) is 13.6. The number of hydrogen-bond acceptors (Lipinski definition) is 3. The molecule has 2 rings (SSSR count). The Labute approximate surface area is 132 Å². The fraction of sp³-hybridized carbons (Fsp3) is 0.333. The topological polar surface area (TPSA) is 54.0 Å². The lowest BCUT2D eigenvalue weighted by molar-refractivity contribution is 0.102. The van der Waals surface area contributed by atoms with Crippen LogP contribution in [-0.4, -0.2) is 16.9 Å². The number of anilines is 2. The molecule has 0 saturated carbocycles. The Morgan fingerprint density at radius 2 is 1.86 bits per heavy atom. The second-order valence-electron chi connectivity index (χ2n) is 5.64. The first-order valence-electron chi connectivity index (χ1n) is 7.60. The molecule has 0 fully saturated rings. The molecule has 1 aromatic heterocycles. The van der Waals surface area contributed by atoms with Crippen LogP contribution in [-0.2, 0) is 0 Å². The van der Waals surface area contributed by atoms with Crippen LogP contribution in [0, 0.1) is 13.8 Å². The molecule has 4 nitrogen and oxygen atoms in total. The van der Waals surface area contributed by atoms with Gasteiger partial charge in [-0.15, -0.1) is 0 Å². The van der Waals surface area contributed by atoms with E-state index in [9.17, 15) is 4.79 Å². The van der Waals surface area contributed by atoms with Crippen LogP contribution in [0.3, 0.4) is 0 Å². The molecule has 22 heavy (non-hydrogen) atoms. The van der Waals surface area contributed by atoms with E-state index < -0.39 is 0 Å². The number of nitrogens with zero attached hydrogens (tertiary/aromatic N) is 1. The maximum Gasteiger partial charge on any atom is 0.274 e. The van der Waals surface area contributed by atoms with E-state index in [2.05, 4.69) is 29.5 Å². The van der Waals surface area contributed by atoms with Crippen LogP contribution in [0.2, 0.25) is 0 Å². The average Bonchev–Trinajstić information content (AvgIpc) is 2.51. The van der Waals surface area contributed by atoms with Crippen molar-refractivity contribution in [2.45, 2.75) is 40.2 Å². The molecule has 0 aliphatic carbocycles. The summed E-state index contributed by atoms with van der Waals surface area (Å²) in [6.07, 6.45) is 2.73. The third-order valence-electron chi connectivity index (χ3n) is 3.79. The van der Waals surface area contributed by atoms with Gasteiger partial charge in [0.05, 0.1) is 11.9 Å². The Morgan fingerprint density at radius 1 is 1.14 bits per heavy atom. The highest BCUT2D eigenvalue weighted by Crippen LogP contribution is 2.15. The van der Waals surface area contributed by atoms with Gasteiger partial charge in [-0.25, -0.2) is 4.98 Å². The molecule has 0 saturated heterocycles. The van der Waals surface area contributed by atoms with E-state index in [1.165, 1.54) is 5.56 Å². The first-order valence-corrected chi connectivity index (χ1v) is 7.60. The maximum atomic E-state index is 12.2. The molecule has 2 N–H and O–H groups in total. The number of aromatic nitrogens is 1. The lowest BCUT2D eigenvalue weighted by Gasteiger charge is -2.12. The molecule has 1 heterocycles. The monoisotopic (exact) mass is 297 g/mol. The first-order chi connectivity index (χ1) is 10.5. The first kappa shape index (κ1) is 16.0. The van der Waals surface area contributed by atoms with Crippen LogP contribution < -0.4 is 10.6 Å². The predicted molar refractivity (Wildman–Crippen MR) is 91.5 cm³/mol. The molecular weight excluding hydrogens is 274 g/mol. The van der Waals surface area contributed by atoms with Gasteiger partial charge in [-0.1, -0.05) is 13.0 Å². The highest BCUT2D eigenvalue weighted by atomic mass is 16.1. The molecule has 1 amide bonds. The number of amides is 1. The second kappa shape index (κ2) is 7.07. The van der Waals surface area contributed by atoms with Gasteiger partial charge in [0.25, 0.3) is 5.91 Å². The Balaban J connectivity index is 2.04. The molecule has 0 radical (unpaired) electrons. The summed E-state index contributed by atoms with van der Waals surface area (Å²) in [4.78, 5) is 16.4. The zero-order chi connectivity index (χ0) is 16.1. The lowest BCUT2D eigenvalue weighted by Crippen LogP contribution is -2.16. The van der Waals surface area contributed by atoms with Crippen molar-refractivity contribution in [3.63, 3.8) is 0 Å². The third-order valence-corrected chi connectivity index (χ3v) is 3.79. The van der Waals surface area contributed by atoms with Crippen molar-refractivity contribution in [1.82, 2.24) is 4.98 Å². The van der Waals surface area contributed by atoms with E-state index in [1.54, 1.807) is 12.3 Å². The van der Waals surface area contributed by atoms with Gasteiger partial charge in [0.1, 0.15) is 5.69 Å². The van der Waals surface area contributed by atoms with Gasteiger partial charge in [-0.3, -0.25) is 4.79 Å². The van der Waals surface area contributed by atoms with Crippen molar-refractivity contribution in [3.05, 3.63) is 53.3 Å². The Hall–Kier alpha value is -2.36. The molecule has 0 bridgehead atoms. The van der Waals surface area contributed by atoms with Gasteiger partial charge in [0.15, 0.2) is 0 Å². The lowest BCUT2D eigenvalue weighted by atomic mass is 10.1. The smallest absolute Gasteiger partial charge is 0.274 e. The fourth-order valence-electron chi connectivity index (χ4n) is 2.01. The number of carbonyl (C=O) groups excluding carboxylic acids is 1. The molecule has 4 heteroatoms. The van der Waals surface area contributed by atoms with Gasteiger partial charge in [-0.2, -0.15) is 0 Å². The van der Waals surface area contributed by atoms with Gasteiger partial charge in [-0.05, 0) is 62.6 Å². The van der Waals surface area contributed by atoms with E-state index in [0.29, 0.717) is 11.7 Å². The molecule has 1 unspecified atom stereocenters. The molecule has 1 atom stereocenters. The number of aryl methyl sites for hydroxylation is 2. The van der Waals surface area contributed by atoms with Crippen molar-refractivity contribution in [2.24, 2.45) is 0 Å². The van der Waals surface area contributed by atoms with Crippen LogP contribution in [0.4, 0.5) is 11.4 Å². The number of carbonyl (C=O) groups is 1. The molecule has 2 aromatic rings. The summed E-state index contributed by atoms with van der Waals surface area (Å²) >= 11 is 0. The zero-order valence-electron chi connectivity index (χ0n) is 13.6. The fourth-order valence-corrected chi connectivity index (χ4v) is 2.01. The van der Waals surface area contributed by atoms with Crippen LogP contribution in [0.1, 0.15) is 41.9 Å². The number of hydrogen-bond donors (Lipinski definition) is 2. The molecule has 0 aliphatic heterocycles. The second-order valence-corrected chi connectivity index (χ2v) is 5.64. The Morgan fingerprint density at radius 3 is 2.45 bits per heavy atom. The Bertz CT molecular complexity index is 650. The molecule has 0 spiro atoms. The average molecular weight is 297 g/mol. The van der Waals surface area contributed by atoms with Crippen molar-refractivity contribution in [3.8, 4) is 0 Å². The van der Waals surface area contributed by atoms with Crippen LogP contribution in [0.25, 0.3) is 0 Å². The van der Waals surface area contributed by atoms with Gasteiger partial charge < -0.3 is 10.6 Å². The van der Waals surface area contributed by atoms with Gasteiger partial charge >= 0.3 is 0 Å². The minimum Gasteiger partial charge on any atom is -0.381 e. The minimum atomic E-state index is -0.196. The molecule has 0 aliphatic rings. The number of rotatable bonds is 5. The van der Waals surface area contributed by atoms with E-state index in [-0.39, 0.29) is 5.91 Å². The molecule has 1 aromatic carbocycles. The van der Waals surface area contributed by atoms with Crippen molar-refractivity contribution in [2.75, 3.05) is 10.6 Å². The molecule has 116 valence electrons. The predicted octanol–water partition coefficient (Wildman–Crippen LogP) is 4.16. The summed E-state index contributed by atoms with van der Waals surface area (Å²) < 4.78 is 0. The SMILES string of the molecule is CCC(C)Nc1ccc(C(=O)Nc2ccc(C)c(C)c2)nc1. The summed E-state index contributed by atoms with van der Waals surface area (Å²) in [6.45, 7) is 8.31. The van der Waals surface area contributed by atoms with Crippen molar-refractivity contribution >= 4 is 17.3 Å². The quantitative estimate of drug-likeness (QED) is 0.871. The van der Waals surface area contributed by atoms with E-state index in [4.69, 9.17) is 0 Å². The van der Waals surface area contributed by atoms with E-state index >= 15 is 0 Å². The minimum absolute atomic E-state index is 0.196. The van der Waals surface area contributed by atoms with E-state index in [0.717, 1.165) is 23.4 Å². The number of benzene rings is 1. The standard InChI is InChI=1S/C18H23N3O/c1-5-14(4)20-16-8-9-17(19-11-16)18(22)21-15-7-6-12(2)13(3)10-15/h6-11,14,20H,5H2,1-4H3,(H,21,22).